The lowest BCUT2D eigenvalue weighted by molar-refractivity contribution is 0.569. The van der Waals surface area contributed by atoms with Crippen LogP contribution in [0.25, 0.3) is 0 Å². The zero-order chi connectivity index (χ0) is 14.0. The highest BCUT2D eigenvalue weighted by atomic mass is 15.2. The Bertz CT molecular complexity index is 546. The van der Waals surface area contributed by atoms with Crippen LogP contribution in [0.1, 0.15) is 40.8 Å². The molecular weight excluding hydrogens is 234 g/mol. The van der Waals surface area contributed by atoms with Gasteiger partial charge in [0.05, 0.1) is 6.20 Å². The van der Waals surface area contributed by atoms with Crippen LogP contribution in [0.15, 0.2) is 24.5 Å². The first-order valence-electron chi connectivity index (χ1n) is 6.76. The van der Waals surface area contributed by atoms with Gasteiger partial charge in [0.1, 0.15) is 0 Å². The van der Waals surface area contributed by atoms with Gasteiger partial charge in [0.15, 0.2) is 0 Å². The third-order valence-electron chi connectivity index (χ3n) is 3.54. The fourth-order valence-electron chi connectivity index (χ4n) is 2.81. The van der Waals surface area contributed by atoms with Crippen molar-refractivity contribution in [2.45, 2.75) is 40.3 Å². The van der Waals surface area contributed by atoms with Gasteiger partial charge in [0.25, 0.3) is 0 Å². The van der Waals surface area contributed by atoms with Gasteiger partial charge in [-0.25, -0.2) is 0 Å². The number of nitrogens with one attached hydrogen (secondary N) is 1. The molecule has 0 aliphatic rings. The minimum atomic E-state index is 0.348. The zero-order valence-electron chi connectivity index (χ0n) is 12.5. The number of hydrogen-bond acceptors (Lipinski definition) is 2. The Hall–Kier alpha value is -1.61. The molecule has 0 saturated heterocycles. The number of rotatable bonds is 4. The molecule has 3 nitrogen and oxygen atoms in total. The summed E-state index contributed by atoms with van der Waals surface area (Å²) in [6.45, 7) is 9.61. The number of benzene rings is 1. The molecule has 0 aliphatic carbocycles. The monoisotopic (exact) mass is 257 g/mol. The average Bonchev–Trinajstić information content (AvgIpc) is 2.71. The molecule has 0 spiro atoms. The molecule has 102 valence electrons. The van der Waals surface area contributed by atoms with E-state index in [2.05, 4.69) is 56.4 Å². The fraction of sp³-hybridized carbons (Fsp3) is 0.438. The zero-order valence-corrected chi connectivity index (χ0v) is 12.5. The summed E-state index contributed by atoms with van der Waals surface area (Å²) in [7, 11) is 1.95. The van der Waals surface area contributed by atoms with Gasteiger partial charge in [-0.3, -0.25) is 4.68 Å². The predicted molar refractivity (Wildman–Crippen MR) is 79.1 cm³/mol. The summed E-state index contributed by atoms with van der Waals surface area (Å²) < 4.78 is 1.84. The Morgan fingerprint density at radius 2 is 1.84 bits per heavy atom. The van der Waals surface area contributed by atoms with Crippen LogP contribution in [-0.4, -0.2) is 9.78 Å². The Kier molecular flexibility index (Phi) is 4.05. The van der Waals surface area contributed by atoms with Gasteiger partial charge >= 0.3 is 0 Å². The molecule has 1 N–H and O–H groups in total. The van der Waals surface area contributed by atoms with E-state index in [0.29, 0.717) is 6.04 Å². The van der Waals surface area contributed by atoms with Crippen molar-refractivity contribution in [3.05, 3.63) is 52.3 Å². The van der Waals surface area contributed by atoms with Gasteiger partial charge in [-0.05, 0) is 44.4 Å². The van der Waals surface area contributed by atoms with E-state index in [-0.39, 0.29) is 0 Å². The number of aryl methyl sites for hydroxylation is 4. The van der Waals surface area contributed by atoms with E-state index in [1.165, 1.54) is 27.8 Å². The Morgan fingerprint density at radius 1 is 1.21 bits per heavy atom. The van der Waals surface area contributed by atoms with Gasteiger partial charge in [0, 0.05) is 31.4 Å². The van der Waals surface area contributed by atoms with Crippen LogP contribution in [-0.2, 0) is 13.6 Å². The van der Waals surface area contributed by atoms with Crippen LogP contribution in [0, 0.1) is 20.8 Å². The third-order valence-corrected chi connectivity index (χ3v) is 3.54. The molecule has 0 fully saturated rings. The molecule has 2 aromatic rings. The van der Waals surface area contributed by atoms with E-state index in [1.54, 1.807) is 0 Å². The average molecular weight is 257 g/mol. The molecule has 0 bridgehead atoms. The van der Waals surface area contributed by atoms with E-state index in [4.69, 9.17) is 0 Å². The highest BCUT2D eigenvalue weighted by Crippen LogP contribution is 2.23. The van der Waals surface area contributed by atoms with Crippen molar-refractivity contribution in [2.24, 2.45) is 7.05 Å². The summed E-state index contributed by atoms with van der Waals surface area (Å²) in [4.78, 5) is 0. The first-order chi connectivity index (χ1) is 8.97. The van der Waals surface area contributed by atoms with Crippen molar-refractivity contribution in [1.82, 2.24) is 15.1 Å². The molecular formula is C16H23N3. The third kappa shape index (κ3) is 3.24. The summed E-state index contributed by atoms with van der Waals surface area (Å²) in [6, 6.07) is 4.86. The number of nitrogens with zero attached hydrogens (tertiary/aromatic N) is 2. The van der Waals surface area contributed by atoms with Crippen LogP contribution >= 0.6 is 0 Å². The lowest BCUT2D eigenvalue weighted by Gasteiger charge is -2.19. The molecule has 1 aromatic heterocycles. The van der Waals surface area contributed by atoms with Crippen molar-refractivity contribution < 1.29 is 0 Å². The summed E-state index contributed by atoms with van der Waals surface area (Å²) in [5, 5.41) is 7.77. The van der Waals surface area contributed by atoms with E-state index in [1.807, 2.05) is 17.9 Å². The van der Waals surface area contributed by atoms with Gasteiger partial charge in [-0.1, -0.05) is 17.7 Å². The predicted octanol–water partition coefficient (Wildman–Crippen LogP) is 3.20. The Labute approximate surface area is 115 Å². The largest absolute Gasteiger partial charge is 0.306 e. The second kappa shape index (κ2) is 5.57. The molecule has 1 aromatic carbocycles. The fourth-order valence-corrected chi connectivity index (χ4v) is 2.81. The summed E-state index contributed by atoms with van der Waals surface area (Å²) in [5.41, 5.74) is 6.69. The lowest BCUT2D eigenvalue weighted by atomic mass is 9.95. The molecule has 2 rings (SSSR count). The smallest absolute Gasteiger partial charge is 0.0534 e. The summed E-state index contributed by atoms with van der Waals surface area (Å²) >= 11 is 0. The first kappa shape index (κ1) is 13.8. The van der Waals surface area contributed by atoms with Gasteiger partial charge in [0.2, 0.25) is 0 Å². The minimum absolute atomic E-state index is 0.348. The maximum absolute atomic E-state index is 4.19. The molecule has 3 heteroatoms. The van der Waals surface area contributed by atoms with E-state index < -0.39 is 0 Å². The van der Waals surface area contributed by atoms with Crippen LogP contribution in [0.3, 0.4) is 0 Å². The second-order valence-electron chi connectivity index (χ2n) is 5.44. The molecule has 0 radical (unpaired) electrons. The van der Waals surface area contributed by atoms with Crippen LogP contribution < -0.4 is 5.32 Å². The minimum Gasteiger partial charge on any atom is -0.306 e. The van der Waals surface area contributed by atoms with Crippen LogP contribution in [0.2, 0.25) is 0 Å². The second-order valence-corrected chi connectivity index (χ2v) is 5.44. The van der Waals surface area contributed by atoms with Crippen molar-refractivity contribution in [1.29, 1.82) is 0 Å². The molecule has 0 aliphatic heterocycles. The first-order valence-corrected chi connectivity index (χ1v) is 6.76. The van der Waals surface area contributed by atoms with Crippen molar-refractivity contribution >= 4 is 0 Å². The summed E-state index contributed by atoms with van der Waals surface area (Å²) in [6.07, 6.45) is 3.96. The van der Waals surface area contributed by atoms with Crippen LogP contribution in [0.4, 0.5) is 0 Å². The van der Waals surface area contributed by atoms with Crippen molar-refractivity contribution in [2.75, 3.05) is 0 Å². The lowest BCUT2D eigenvalue weighted by Crippen LogP contribution is -2.19. The van der Waals surface area contributed by atoms with Gasteiger partial charge in [-0.2, -0.15) is 5.10 Å². The molecule has 1 unspecified atom stereocenters. The van der Waals surface area contributed by atoms with E-state index >= 15 is 0 Å². The van der Waals surface area contributed by atoms with Crippen molar-refractivity contribution in [3.8, 4) is 0 Å². The molecule has 1 heterocycles. The SMILES string of the molecule is Cc1cc(C)c(C(C)NCc2cnn(C)c2)c(C)c1. The molecule has 0 amide bonds. The highest BCUT2D eigenvalue weighted by molar-refractivity contribution is 5.39. The van der Waals surface area contributed by atoms with Gasteiger partial charge < -0.3 is 5.32 Å². The highest BCUT2D eigenvalue weighted by Gasteiger charge is 2.11. The standard InChI is InChI=1S/C16H23N3/c1-11-6-12(2)16(13(3)7-11)14(4)17-8-15-9-18-19(5)10-15/h6-7,9-10,14,17H,8H2,1-5H3. The summed E-state index contributed by atoms with van der Waals surface area (Å²) in [5.74, 6) is 0. The van der Waals surface area contributed by atoms with Crippen LogP contribution in [0.5, 0.6) is 0 Å². The number of hydrogen-bond donors (Lipinski definition) is 1. The van der Waals surface area contributed by atoms with Crippen molar-refractivity contribution in [3.63, 3.8) is 0 Å². The molecule has 0 saturated carbocycles. The molecule has 19 heavy (non-hydrogen) atoms. The Morgan fingerprint density at radius 3 is 2.37 bits per heavy atom. The maximum atomic E-state index is 4.19. The number of aromatic nitrogens is 2. The molecule has 1 atom stereocenters. The Balaban J connectivity index is 2.10. The topological polar surface area (TPSA) is 29.9 Å². The van der Waals surface area contributed by atoms with Gasteiger partial charge in [-0.15, -0.1) is 0 Å². The van der Waals surface area contributed by atoms with E-state index in [9.17, 15) is 0 Å². The van der Waals surface area contributed by atoms with E-state index in [0.717, 1.165) is 6.54 Å². The quantitative estimate of drug-likeness (QED) is 0.911. The normalized spacial score (nSPS) is 12.7. The maximum Gasteiger partial charge on any atom is 0.0534 e.